The second kappa shape index (κ2) is 21.9. The topological polar surface area (TPSA) is 211 Å². The summed E-state index contributed by atoms with van der Waals surface area (Å²) < 4.78 is 69.8. The summed E-state index contributed by atoms with van der Waals surface area (Å²) in [4.78, 5) is 11.4. The van der Waals surface area contributed by atoms with E-state index in [1.807, 2.05) is 20.8 Å². The van der Waals surface area contributed by atoms with Crippen molar-refractivity contribution in [1.82, 2.24) is 0 Å². The molecular weight excluding hydrogens is 965 g/mol. The number of carboxylic acids is 1. The summed E-state index contributed by atoms with van der Waals surface area (Å²) in [5, 5.41) is 54.2. The number of fused-ring (bicyclic) bond motifs is 8. The van der Waals surface area contributed by atoms with Crippen molar-refractivity contribution in [1.29, 1.82) is 0 Å². The zero-order valence-electron chi connectivity index (χ0n) is 46.3. The number of hydrogen-bond acceptors (Lipinski definition) is 15. The molecule has 0 radical (unpaired) electrons. The van der Waals surface area contributed by atoms with Crippen LogP contribution < -0.4 is 0 Å². The number of aliphatic hydroxyl groups excluding tert-OH is 4. The molecule has 75 heavy (non-hydrogen) atoms. The molecule has 10 rings (SSSR count). The van der Waals surface area contributed by atoms with Crippen molar-refractivity contribution < 1.29 is 77.7 Å². The van der Waals surface area contributed by atoms with E-state index in [4.69, 9.17) is 47.4 Å². The lowest BCUT2D eigenvalue weighted by Gasteiger charge is -2.61. The number of carbonyl (C=O) groups is 1. The molecule has 16 nitrogen and oxygen atoms in total. The van der Waals surface area contributed by atoms with Gasteiger partial charge in [0.05, 0.1) is 127 Å². The van der Waals surface area contributed by atoms with Crippen LogP contribution >= 0.6 is 0 Å². The molecule has 5 N–H and O–H groups in total. The van der Waals surface area contributed by atoms with E-state index in [1.165, 1.54) is 0 Å². The molecule has 10 aliphatic rings. The molecule has 424 valence electrons. The van der Waals surface area contributed by atoms with Crippen molar-refractivity contribution in [2.24, 2.45) is 23.7 Å². The van der Waals surface area contributed by atoms with Crippen molar-refractivity contribution in [2.75, 3.05) is 6.61 Å². The van der Waals surface area contributed by atoms with Gasteiger partial charge in [0.1, 0.15) is 17.8 Å². The lowest BCUT2D eigenvalue weighted by Crippen LogP contribution is -2.74. The van der Waals surface area contributed by atoms with Crippen LogP contribution in [-0.4, -0.2) is 176 Å². The van der Waals surface area contributed by atoms with Crippen LogP contribution in [0.4, 0.5) is 0 Å². The van der Waals surface area contributed by atoms with Crippen molar-refractivity contribution >= 4 is 5.97 Å². The van der Waals surface area contributed by atoms with E-state index in [9.17, 15) is 30.3 Å². The smallest absolute Gasteiger partial charge is 0.303 e. The molecule has 0 bridgehead atoms. The maximum atomic E-state index is 12.4. The van der Waals surface area contributed by atoms with Gasteiger partial charge in [-0.1, -0.05) is 58.1 Å². The van der Waals surface area contributed by atoms with Crippen LogP contribution in [0.2, 0.25) is 0 Å². The number of aliphatic hydroxyl groups is 4. The predicted octanol–water partition coefficient (Wildman–Crippen LogP) is 6.84. The number of ether oxygens (including phenoxy) is 10. The fourth-order valence-corrected chi connectivity index (χ4v) is 15.8. The Balaban J connectivity index is 0.787. The third-order valence-corrected chi connectivity index (χ3v) is 19.8. The minimum Gasteiger partial charge on any atom is -0.481 e. The van der Waals surface area contributed by atoms with Gasteiger partial charge in [0, 0.05) is 44.6 Å². The number of hydrogen-bond donors (Lipinski definition) is 5. The Morgan fingerprint density at radius 2 is 1.51 bits per heavy atom. The summed E-state index contributed by atoms with van der Waals surface area (Å²) >= 11 is 0. The normalized spacial score (nSPS) is 51.6. The molecule has 16 heteroatoms. The van der Waals surface area contributed by atoms with Gasteiger partial charge in [-0.15, -0.1) is 0 Å². The van der Waals surface area contributed by atoms with Gasteiger partial charge >= 0.3 is 5.97 Å². The minimum atomic E-state index is -1.05. The highest BCUT2D eigenvalue weighted by molar-refractivity contribution is 5.67. The van der Waals surface area contributed by atoms with E-state index in [2.05, 4.69) is 66.3 Å². The highest BCUT2D eigenvalue weighted by Crippen LogP contribution is 2.54. The molecule has 10 heterocycles. The van der Waals surface area contributed by atoms with Crippen LogP contribution in [0, 0.1) is 23.7 Å². The summed E-state index contributed by atoms with van der Waals surface area (Å²) in [7, 11) is 0. The summed E-state index contributed by atoms with van der Waals surface area (Å²) in [6.07, 6.45) is 6.94. The summed E-state index contributed by atoms with van der Waals surface area (Å²) in [6.45, 7) is 23.1. The van der Waals surface area contributed by atoms with Crippen molar-refractivity contribution in [3.63, 3.8) is 0 Å². The molecule has 10 aliphatic heterocycles. The highest BCUT2D eigenvalue weighted by atomic mass is 16.6. The number of rotatable bonds is 11. The van der Waals surface area contributed by atoms with E-state index in [1.54, 1.807) is 0 Å². The Bertz CT molecular complexity index is 2100. The molecular formula is C59H92O16. The fraction of sp³-hybridized carbons (Fsp3) is 0.881. The molecule has 0 amide bonds. The largest absolute Gasteiger partial charge is 0.481 e. The first-order valence-corrected chi connectivity index (χ1v) is 29.0. The SMILES string of the molecule is C=C1CC2OC3C(CC2(C)OC1C/C(C)=C/C(C)CO)OC1CC2OC4CCC5OC6CC7OC(CC(O)CC8CC(C)C(C(C)CC(=O)O)O8)C(O)CCC7OC6(C)CC5(C)OC4C/C=C\C(C)C2OC1(C)C3O. The standard InChI is InChI=1S/C59H92O16/c1-30(18-31(2)28-60)19-42-33(4)21-48-56(7,74-42)27-46-54(71-48)55(65)59(10)50(69-46)26-45-53(75-59)32(3)12-11-13-40-39(67-45)16-17-47-57(8,72-40)29-58(9)49(70-47)25-44-41(73-58)15-14-38(62)43(68-44)24-36(61)23-37-20-34(5)52(66-37)35(6)22-51(63)64/h11-12,18,31-32,34-50,52-55,60-62,65H,4,13-17,19-29H2,1-3,5-10H3,(H,63,64)/b12-11-,30-18+. The van der Waals surface area contributed by atoms with Gasteiger partial charge in [-0.3, -0.25) is 4.79 Å². The minimum absolute atomic E-state index is 0.0214. The van der Waals surface area contributed by atoms with E-state index in [0.717, 1.165) is 17.6 Å². The predicted molar refractivity (Wildman–Crippen MR) is 276 cm³/mol. The van der Waals surface area contributed by atoms with Gasteiger partial charge < -0.3 is 72.9 Å². The summed E-state index contributed by atoms with van der Waals surface area (Å²) in [5.74, 6) is -0.742. The second-order valence-electron chi connectivity index (χ2n) is 26.3. The third-order valence-electron chi connectivity index (χ3n) is 19.8. The van der Waals surface area contributed by atoms with Crippen molar-refractivity contribution in [3.8, 4) is 0 Å². The summed E-state index contributed by atoms with van der Waals surface area (Å²) in [5.41, 5.74) is -0.952. The highest BCUT2D eigenvalue weighted by Gasteiger charge is 2.65. The average Bonchev–Trinajstić information content (AvgIpc) is 3.59. The van der Waals surface area contributed by atoms with Crippen LogP contribution in [-0.2, 0) is 52.2 Å². The molecule has 9 saturated heterocycles. The zero-order chi connectivity index (χ0) is 53.5. The van der Waals surface area contributed by atoms with E-state index < -0.39 is 71.1 Å². The van der Waals surface area contributed by atoms with Crippen LogP contribution in [0.5, 0.6) is 0 Å². The molecule has 0 aliphatic carbocycles. The molecule has 27 unspecified atom stereocenters. The fourth-order valence-electron chi connectivity index (χ4n) is 15.8. The van der Waals surface area contributed by atoms with E-state index in [-0.39, 0.29) is 116 Å². The first-order chi connectivity index (χ1) is 35.5. The Labute approximate surface area is 445 Å². The quantitative estimate of drug-likeness (QED) is 0.134. The lowest BCUT2D eigenvalue weighted by molar-refractivity contribution is -0.369. The van der Waals surface area contributed by atoms with Gasteiger partial charge in [-0.2, -0.15) is 0 Å². The van der Waals surface area contributed by atoms with Crippen LogP contribution in [0.3, 0.4) is 0 Å². The second-order valence-corrected chi connectivity index (χ2v) is 26.3. The van der Waals surface area contributed by atoms with Crippen LogP contribution in [0.1, 0.15) is 159 Å². The molecule has 0 spiro atoms. The third kappa shape index (κ3) is 11.3. The maximum Gasteiger partial charge on any atom is 0.303 e. The van der Waals surface area contributed by atoms with Gasteiger partial charge in [-0.25, -0.2) is 0 Å². The monoisotopic (exact) mass is 1060 g/mol. The molecule has 0 aromatic carbocycles. The van der Waals surface area contributed by atoms with Gasteiger partial charge in [0.2, 0.25) is 0 Å². The Morgan fingerprint density at radius 1 is 0.773 bits per heavy atom. The summed E-state index contributed by atoms with van der Waals surface area (Å²) in [6, 6.07) is 0. The molecule has 0 saturated carbocycles. The zero-order valence-corrected chi connectivity index (χ0v) is 46.3. The van der Waals surface area contributed by atoms with Crippen LogP contribution in [0.25, 0.3) is 0 Å². The molecule has 27 atom stereocenters. The lowest BCUT2D eigenvalue weighted by atomic mass is 9.72. The Kier molecular flexibility index (Phi) is 16.5. The molecule has 9 fully saturated rings. The maximum absolute atomic E-state index is 12.4. The average molecular weight is 1060 g/mol. The Hall–Kier alpha value is -1.87. The first-order valence-electron chi connectivity index (χ1n) is 29.0. The number of carboxylic acid groups (broad SMARTS) is 1. The molecule has 0 aromatic rings. The van der Waals surface area contributed by atoms with Crippen molar-refractivity contribution in [2.45, 2.75) is 297 Å². The van der Waals surface area contributed by atoms with E-state index >= 15 is 0 Å². The van der Waals surface area contributed by atoms with Gasteiger partial charge in [0.25, 0.3) is 0 Å². The van der Waals surface area contributed by atoms with Gasteiger partial charge in [0.15, 0.2) is 0 Å². The van der Waals surface area contributed by atoms with Crippen LogP contribution in [0.15, 0.2) is 36.0 Å². The van der Waals surface area contributed by atoms with Gasteiger partial charge in [-0.05, 0) is 116 Å². The van der Waals surface area contributed by atoms with E-state index in [0.29, 0.717) is 77.0 Å². The Morgan fingerprint density at radius 3 is 2.27 bits per heavy atom. The number of aliphatic carboxylic acids is 1. The van der Waals surface area contributed by atoms with Crippen molar-refractivity contribution in [3.05, 3.63) is 36.0 Å². The first kappa shape index (κ1) is 56.4. The molecule has 0 aromatic heterocycles.